The number of alkyl carbamates (subject to hydrolysis) is 1. The van der Waals surface area contributed by atoms with Crippen molar-refractivity contribution < 1.29 is 14.6 Å². The normalized spacial score (nSPS) is 18.5. The lowest BCUT2D eigenvalue weighted by Crippen LogP contribution is -2.43. The summed E-state index contributed by atoms with van der Waals surface area (Å²) in [5.41, 5.74) is 0.974. The quantitative estimate of drug-likeness (QED) is 0.843. The lowest BCUT2D eigenvalue weighted by Gasteiger charge is -2.31. The van der Waals surface area contributed by atoms with Gasteiger partial charge in [-0.3, -0.25) is 0 Å². The van der Waals surface area contributed by atoms with E-state index in [0.717, 1.165) is 18.4 Å². The minimum atomic E-state index is -0.415. The Bertz CT molecular complexity index is 441. The first-order valence-corrected chi connectivity index (χ1v) is 8.30. The molecule has 1 fully saturated rings. The molecular formula is C18H27NO3. The van der Waals surface area contributed by atoms with Crippen LogP contribution in [0.2, 0.25) is 0 Å². The molecule has 0 bridgehead atoms. The van der Waals surface area contributed by atoms with Crippen molar-refractivity contribution in [2.75, 3.05) is 0 Å². The Morgan fingerprint density at radius 1 is 1.27 bits per heavy atom. The third-order valence-corrected chi connectivity index (χ3v) is 4.33. The minimum absolute atomic E-state index is 0.00331. The number of ether oxygens (including phenoxy) is 1. The van der Waals surface area contributed by atoms with Crippen LogP contribution in [0.5, 0.6) is 0 Å². The molecule has 4 heteroatoms. The van der Waals surface area contributed by atoms with Crippen LogP contribution in [0.25, 0.3) is 0 Å². The average molecular weight is 305 g/mol. The number of amides is 1. The number of hydrogen-bond donors (Lipinski definition) is 2. The van der Waals surface area contributed by atoms with Crippen molar-refractivity contribution in [3.05, 3.63) is 35.9 Å². The summed E-state index contributed by atoms with van der Waals surface area (Å²) in [4.78, 5) is 12.0. The number of benzene rings is 1. The molecule has 1 aromatic carbocycles. The Morgan fingerprint density at radius 2 is 1.95 bits per heavy atom. The van der Waals surface area contributed by atoms with Gasteiger partial charge in [-0.2, -0.15) is 0 Å². The van der Waals surface area contributed by atoms with Crippen LogP contribution in [-0.4, -0.2) is 23.3 Å². The van der Waals surface area contributed by atoms with E-state index < -0.39 is 6.10 Å². The number of carbonyl (C=O) groups excluding carboxylic acids is 1. The molecule has 0 aliphatic heterocycles. The molecule has 4 nitrogen and oxygen atoms in total. The van der Waals surface area contributed by atoms with Crippen molar-refractivity contribution in [1.82, 2.24) is 5.32 Å². The highest BCUT2D eigenvalue weighted by atomic mass is 16.5. The molecule has 0 unspecified atom stereocenters. The molecule has 1 aliphatic carbocycles. The number of aliphatic hydroxyl groups excluding tert-OH is 1. The Hall–Kier alpha value is -1.55. The molecule has 1 aromatic rings. The second kappa shape index (κ2) is 8.79. The monoisotopic (exact) mass is 305 g/mol. The maximum atomic E-state index is 12.0. The fourth-order valence-corrected chi connectivity index (χ4v) is 3.19. The molecule has 0 radical (unpaired) electrons. The third-order valence-electron chi connectivity index (χ3n) is 4.33. The summed E-state index contributed by atoms with van der Waals surface area (Å²) < 4.78 is 5.30. The van der Waals surface area contributed by atoms with Gasteiger partial charge in [0.25, 0.3) is 0 Å². The van der Waals surface area contributed by atoms with Gasteiger partial charge in [-0.05, 0) is 37.7 Å². The zero-order valence-corrected chi connectivity index (χ0v) is 13.3. The lowest BCUT2D eigenvalue weighted by molar-refractivity contribution is 0.111. The third kappa shape index (κ3) is 5.68. The summed E-state index contributed by atoms with van der Waals surface area (Å²) in [6.07, 6.45) is 5.72. The molecule has 1 saturated carbocycles. The van der Waals surface area contributed by atoms with E-state index in [1.165, 1.54) is 19.3 Å². The number of carbonyl (C=O) groups is 1. The Kier molecular flexibility index (Phi) is 6.72. The second-order valence-corrected chi connectivity index (χ2v) is 6.30. The van der Waals surface area contributed by atoms with Gasteiger partial charge >= 0.3 is 6.09 Å². The molecule has 122 valence electrons. The van der Waals surface area contributed by atoms with Gasteiger partial charge in [0.15, 0.2) is 0 Å². The predicted molar refractivity (Wildman–Crippen MR) is 86.4 cm³/mol. The molecule has 0 spiro atoms. The number of nitrogens with one attached hydrogen (secondary N) is 1. The molecule has 0 aromatic heterocycles. The van der Waals surface area contributed by atoms with E-state index in [1.807, 2.05) is 30.3 Å². The lowest BCUT2D eigenvalue weighted by atomic mass is 9.82. The van der Waals surface area contributed by atoms with Crippen LogP contribution in [0.15, 0.2) is 30.3 Å². The van der Waals surface area contributed by atoms with Crippen molar-refractivity contribution in [1.29, 1.82) is 0 Å². The second-order valence-electron chi connectivity index (χ2n) is 6.30. The zero-order chi connectivity index (χ0) is 15.8. The summed E-state index contributed by atoms with van der Waals surface area (Å²) in [7, 11) is 0. The number of hydrogen-bond acceptors (Lipinski definition) is 3. The number of rotatable bonds is 6. The molecule has 2 atom stereocenters. The standard InChI is InChI=1S/C18H27NO3/c1-14(20)12-17(16-10-6-3-7-11-16)19-18(21)22-13-15-8-4-2-5-9-15/h2,4-5,8-9,14,16-17,20H,3,6-7,10-13H2,1H3,(H,19,21)/t14-,17-/m0/s1. The van der Waals surface area contributed by atoms with E-state index >= 15 is 0 Å². The zero-order valence-electron chi connectivity index (χ0n) is 13.3. The predicted octanol–water partition coefficient (Wildman–Crippen LogP) is 3.63. The van der Waals surface area contributed by atoms with E-state index in [4.69, 9.17) is 4.74 Å². The van der Waals surface area contributed by atoms with Crippen molar-refractivity contribution in [2.45, 2.75) is 64.2 Å². The van der Waals surface area contributed by atoms with Crippen LogP contribution in [0.4, 0.5) is 4.79 Å². The highest BCUT2D eigenvalue weighted by molar-refractivity contribution is 5.67. The molecule has 0 saturated heterocycles. The summed E-state index contributed by atoms with van der Waals surface area (Å²) in [6.45, 7) is 2.05. The van der Waals surface area contributed by atoms with Crippen LogP contribution in [-0.2, 0) is 11.3 Å². The van der Waals surface area contributed by atoms with E-state index in [-0.39, 0.29) is 18.7 Å². The SMILES string of the molecule is C[C@H](O)C[C@H](NC(=O)OCc1ccccc1)C1CCCCC1. The summed E-state index contributed by atoms with van der Waals surface area (Å²) in [6, 6.07) is 9.65. The Morgan fingerprint density at radius 3 is 2.59 bits per heavy atom. The number of aliphatic hydroxyl groups is 1. The Balaban J connectivity index is 1.84. The van der Waals surface area contributed by atoms with E-state index in [2.05, 4.69) is 5.32 Å². The van der Waals surface area contributed by atoms with Crippen LogP contribution >= 0.6 is 0 Å². The maximum absolute atomic E-state index is 12.0. The van der Waals surface area contributed by atoms with Gasteiger partial charge in [0.1, 0.15) is 6.61 Å². The van der Waals surface area contributed by atoms with Crippen molar-refractivity contribution in [3.63, 3.8) is 0 Å². The fourth-order valence-electron chi connectivity index (χ4n) is 3.19. The molecule has 1 aliphatic rings. The first-order valence-electron chi connectivity index (χ1n) is 8.30. The highest BCUT2D eigenvalue weighted by Crippen LogP contribution is 2.28. The van der Waals surface area contributed by atoms with Gasteiger partial charge in [0.05, 0.1) is 6.10 Å². The van der Waals surface area contributed by atoms with Crippen LogP contribution in [0.3, 0.4) is 0 Å². The van der Waals surface area contributed by atoms with Crippen LogP contribution in [0, 0.1) is 5.92 Å². The van der Waals surface area contributed by atoms with Crippen molar-refractivity contribution >= 4 is 6.09 Å². The topological polar surface area (TPSA) is 58.6 Å². The van der Waals surface area contributed by atoms with Crippen LogP contribution in [0.1, 0.15) is 51.0 Å². The van der Waals surface area contributed by atoms with Gasteiger partial charge in [0.2, 0.25) is 0 Å². The summed E-state index contributed by atoms with van der Waals surface area (Å²) in [5, 5.41) is 12.6. The summed E-state index contributed by atoms with van der Waals surface area (Å²) in [5.74, 6) is 0.452. The van der Waals surface area contributed by atoms with Crippen molar-refractivity contribution in [3.8, 4) is 0 Å². The van der Waals surface area contributed by atoms with Crippen molar-refractivity contribution in [2.24, 2.45) is 5.92 Å². The van der Waals surface area contributed by atoms with Gasteiger partial charge in [0, 0.05) is 6.04 Å². The first-order chi connectivity index (χ1) is 10.6. The van der Waals surface area contributed by atoms with Gasteiger partial charge in [-0.25, -0.2) is 4.79 Å². The molecule has 0 heterocycles. The molecule has 1 amide bonds. The maximum Gasteiger partial charge on any atom is 0.407 e. The molecule has 22 heavy (non-hydrogen) atoms. The minimum Gasteiger partial charge on any atom is -0.445 e. The first kappa shape index (κ1) is 16.8. The largest absolute Gasteiger partial charge is 0.445 e. The van der Waals surface area contributed by atoms with E-state index in [0.29, 0.717) is 12.3 Å². The van der Waals surface area contributed by atoms with Gasteiger partial charge < -0.3 is 15.2 Å². The summed E-state index contributed by atoms with van der Waals surface area (Å²) >= 11 is 0. The van der Waals surface area contributed by atoms with Gasteiger partial charge in [-0.15, -0.1) is 0 Å². The van der Waals surface area contributed by atoms with Gasteiger partial charge in [-0.1, -0.05) is 49.6 Å². The van der Waals surface area contributed by atoms with E-state index in [1.54, 1.807) is 6.92 Å². The van der Waals surface area contributed by atoms with Crippen LogP contribution < -0.4 is 5.32 Å². The molecular weight excluding hydrogens is 278 g/mol. The highest BCUT2D eigenvalue weighted by Gasteiger charge is 2.26. The fraction of sp³-hybridized carbons (Fsp3) is 0.611. The Labute approximate surface area is 132 Å². The van der Waals surface area contributed by atoms with E-state index in [9.17, 15) is 9.90 Å². The molecule has 2 N–H and O–H groups in total. The smallest absolute Gasteiger partial charge is 0.407 e. The average Bonchev–Trinajstić information content (AvgIpc) is 2.54. The molecule has 2 rings (SSSR count).